The standard InChI is InChI=1S/C22H23BrFN3O3/c1-13-21(14(2)27(26-13)17-7-5-16(24)6-8-17)22(28)25-10-9-15-11-19(29-3)20(30-4)12-18(15)23/h5-8,11-12H,9-10H2,1-4H3,(H,25,28). The Balaban J connectivity index is 1.72. The molecule has 1 amide bonds. The fraction of sp³-hybridized carbons (Fsp3) is 0.273. The summed E-state index contributed by atoms with van der Waals surface area (Å²) < 4.78 is 26.4. The van der Waals surface area contributed by atoms with E-state index in [2.05, 4.69) is 26.3 Å². The average molecular weight is 476 g/mol. The van der Waals surface area contributed by atoms with Crippen molar-refractivity contribution in [2.24, 2.45) is 0 Å². The molecule has 0 fully saturated rings. The van der Waals surface area contributed by atoms with E-state index in [1.165, 1.54) is 12.1 Å². The van der Waals surface area contributed by atoms with Crippen LogP contribution >= 0.6 is 15.9 Å². The molecule has 1 heterocycles. The molecule has 6 nitrogen and oxygen atoms in total. The molecule has 0 bridgehead atoms. The number of methoxy groups -OCH3 is 2. The molecule has 8 heteroatoms. The molecule has 0 radical (unpaired) electrons. The van der Waals surface area contributed by atoms with E-state index in [0.717, 1.165) is 10.0 Å². The summed E-state index contributed by atoms with van der Waals surface area (Å²) in [4.78, 5) is 12.8. The number of ether oxygens (including phenoxy) is 2. The van der Waals surface area contributed by atoms with E-state index >= 15 is 0 Å². The minimum absolute atomic E-state index is 0.199. The fourth-order valence-corrected chi connectivity index (χ4v) is 3.81. The molecule has 3 aromatic rings. The Morgan fingerprint density at radius 3 is 2.40 bits per heavy atom. The lowest BCUT2D eigenvalue weighted by molar-refractivity contribution is 0.0953. The Hall–Kier alpha value is -2.87. The number of hydrogen-bond donors (Lipinski definition) is 1. The number of rotatable bonds is 7. The van der Waals surface area contributed by atoms with E-state index in [1.807, 2.05) is 19.1 Å². The van der Waals surface area contributed by atoms with Crippen molar-refractivity contribution in [3.05, 3.63) is 69.2 Å². The van der Waals surface area contributed by atoms with E-state index in [4.69, 9.17) is 9.47 Å². The number of carbonyl (C=O) groups is 1. The highest BCUT2D eigenvalue weighted by atomic mass is 79.9. The van der Waals surface area contributed by atoms with Gasteiger partial charge in [-0.15, -0.1) is 0 Å². The molecule has 1 aromatic heterocycles. The molecular formula is C22H23BrFN3O3. The molecule has 3 rings (SSSR count). The van der Waals surface area contributed by atoms with Gasteiger partial charge in [0.2, 0.25) is 0 Å². The summed E-state index contributed by atoms with van der Waals surface area (Å²) in [5.41, 5.74) is 3.52. The van der Waals surface area contributed by atoms with Gasteiger partial charge >= 0.3 is 0 Å². The van der Waals surface area contributed by atoms with E-state index in [1.54, 1.807) is 38.0 Å². The Bertz CT molecular complexity index is 1060. The van der Waals surface area contributed by atoms with E-state index in [-0.39, 0.29) is 11.7 Å². The monoisotopic (exact) mass is 475 g/mol. The molecule has 0 atom stereocenters. The zero-order valence-corrected chi connectivity index (χ0v) is 18.8. The summed E-state index contributed by atoms with van der Waals surface area (Å²) in [5, 5.41) is 7.40. The van der Waals surface area contributed by atoms with Crippen LogP contribution in [0.2, 0.25) is 0 Å². The number of nitrogens with zero attached hydrogens (tertiary/aromatic N) is 2. The van der Waals surface area contributed by atoms with Gasteiger partial charge in [-0.1, -0.05) is 15.9 Å². The third-order valence-corrected chi connectivity index (χ3v) is 5.56. The molecule has 0 saturated carbocycles. The summed E-state index contributed by atoms with van der Waals surface area (Å²) in [7, 11) is 3.17. The lowest BCUT2D eigenvalue weighted by atomic mass is 10.1. The highest BCUT2D eigenvalue weighted by Gasteiger charge is 2.19. The van der Waals surface area contributed by atoms with Crippen molar-refractivity contribution < 1.29 is 18.7 Å². The number of carbonyl (C=O) groups excluding carboxylic acids is 1. The van der Waals surface area contributed by atoms with E-state index in [0.29, 0.717) is 47.1 Å². The number of nitrogens with one attached hydrogen (secondary N) is 1. The summed E-state index contributed by atoms with van der Waals surface area (Å²) in [6, 6.07) is 9.73. The van der Waals surface area contributed by atoms with E-state index < -0.39 is 0 Å². The van der Waals surface area contributed by atoms with Crippen LogP contribution in [-0.2, 0) is 6.42 Å². The highest BCUT2D eigenvalue weighted by Crippen LogP contribution is 2.33. The molecular weight excluding hydrogens is 453 g/mol. The number of aryl methyl sites for hydroxylation is 1. The maximum Gasteiger partial charge on any atom is 0.255 e. The topological polar surface area (TPSA) is 65.4 Å². The van der Waals surface area contributed by atoms with Gasteiger partial charge in [0.15, 0.2) is 11.5 Å². The van der Waals surface area contributed by atoms with Crippen LogP contribution in [0.25, 0.3) is 5.69 Å². The molecule has 0 aliphatic carbocycles. The maximum atomic E-state index is 13.2. The van der Waals surface area contributed by atoms with Gasteiger partial charge in [0.25, 0.3) is 5.91 Å². The van der Waals surface area contributed by atoms with Gasteiger partial charge in [0.1, 0.15) is 5.82 Å². The van der Waals surface area contributed by atoms with E-state index in [9.17, 15) is 9.18 Å². The number of benzene rings is 2. The van der Waals surface area contributed by atoms with Crippen LogP contribution in [0.5, 0.6) is 11.5 Å². The zero-order valence-electron chi connectivity index (χ0n) is 17.3. The number of halogens is 2. The van der Waals surface area contributed by atoms with Gasteiger partial charge < -0.3 is 14.8 Å². The van der Waals surface area contributed by atoms with Crippen LogP contribution < -0.4 is 14.8 Å². The minimum atomic E-state index is -0.320. The minimum Gasteiger partial charge on any atom is -0.493 e. The predicted octanol–water partition coefficient (Wildman–Crippen LogP) is 4.38. The van der Waals surface area contributed by atoms with Crippen molar-refractivity contribution in [2.45, 2.75) is 20.3 Å². The molecule has 1 N–H and O–H groups in total. The summed E-state index contributed by atoms with van der Waals surface area (Å²) in [6.07, 6.45) is 0.608. The largest absolute Gasteiger partial charge is 0.493 e. The Morgan fingerprint density at radius 1 is 1.13 bits per heavy atom. The highest BCUT2D eigenvalue weighted by molar-refractivity contribution is 9.10. The van der Waals surface area contributed by atoms with Gasteiger partial charge in [0, 0.05) is 11.0 Å². The van der Waals surface area contributed by atoms with Crippen molar-refractivity contribution in [1.82, 2.24) is 15.1 Å². The molecule has 158 valence electrons. The van der Waals surface area contributed by atoms with Crippen LogP contribution in [-0.4, -0.2) is 36.5 Å². The van der Waals surface area contributed by atoms with Crippen LogP contribution in [0.1, 0.15) is 27.3 Å². The van der Waals surface area contributed by atoms with Crippen LogP contribution in [0, 0.1) is 19.7 Å². The molecule has 2 aromatic carbocycles. The summed E-state index contributed by atoms with van der Waals surface area (Å²) in [5.74, 6) is 0.750. The second-order valence-electron chi connectivity index (χ2n) is 6.74. The Morgan fingerprint density at radius 2 is 1.77 bits per heavy atom. The Labute approximate surface area is 183 Å². The third kappa shape index (κ3) is 4.48. The molecule has 0 saturated heterocycles. The number of aromatic nitrogens is 2. The average Bonchev–Trinajstić information content (AvgIpc) is 3.03. The van der Waals surface area contributed by atoms with Gasteiger partial charge in [-0.3, -0.25) is 4.79 Å². The van der Waals surface area contributed by atoms with Crippen LogP contribution in [0.3, 0.4) is 0 Å². The second kappa shape index (κ2) is 9.30. The second-order valence-corrected chi connectivity index (χ2v) is 7.59. The first-order chi connectivity index (χ1) is 14.3. The van der Waals surface area contributed by atoms with Crippen molar-refractivity contribution in [3.63, 3.8) is 0 Å². The smallest absolute Gasteiger partial charge is 0.255 e. The lowest BCUT2D eigenvalue weighted by Gasteiger charge is -2.12. The molecule has 30 heavy (non-hydrogen) atoms. The first-order valence-corrected chi connectivity index (χ1v) is 10.2. The zero-order chi connectivity index (χ0) is 21.8. The fourth-order valence-electron chi connectivity index (χ4n) is 3.29. The molecule has 0 spiro atoms. The first-order valence-electron chi connectivity index (χ1n) is 9.36. The molecule has 0 aliphatic rings. The van der Waals surface area contributed by atoms with Crippen molar-refractivity contribution in [2.75, 3.05) is 20.8 Å². The molecule has 0 aliphatic heterocycles. The van der Waals surface area contributed by atoms with Crippen LogP contribution in [0.15, 0.2) is 40.9 Å². The number of hydrogen-bond acceptors (Lipinski definition) is 4. The van der Waals surface area contributed by atoms with Gasteiger partial charge in [0.05, 0.1) is 36.9 Å². The quantitative estimate of drug-likeness (QED) is 0.550. The van der Waals surface area contributed by atoms with Gasteiger partial charge in [-0.05, 0) is 62.2 Å². The van der Waals surface area contributed by atoms with Crippen molar-refractivity contribution in [3.8, 4) is 17.2 Å². The van der Waals surface area contributed by atoms with Gasteiger partial charge in [-0.2, -0.15) is 5.10 Å². The number of amides is 1. The Kier molecular flexibility index (Phi) is 6.77. The van der Waals surface area contributed by atoms with Gasteiger partial charge in [-0.25, -0.2) is 9.07 Å². The summed E-state index contributed by atoms with van der Waals surface area (Å²) >= 11 is 3.53. The SMILES string of the molecule is COc1cc(Br)c(CCNC(=O)c2c(C)nn(-c3ccc(F)cc3)c2C)cc1OC. The summed E-state index contributed by atoms with van der Waals surface area (Å²) in [6.45, 7) is 4.05. The first kappa shape index (κ1) is 21.8. The maximum absolute atomic E-state index is 13.2. The third-order valence-electron chi connectivity index (χ3n) is 4.82. The van der Waals surface area contributed by atoms with Crippen molar-refractivity contribution in [1.29, 1.82) is 0 Å². The van der Waals surface area contributed by atoms with Crippen molar-refractivity contribution >= 4 is 21.8 Å². The normalized spacial score (nSPS) is 10.7. The lowest BCUT2D eigenvalue weighted by Crippen LogP contribution is -2.26. The predicted molar refractivity (Wildman–Crippen MR) is 116 cm³/mol. The molecule has 0 unspecified atom stereocenters. The van der Waals surface area contributed by atoms with Crippen LogP contribution in [0.4, 0.5) is 4.39 Å².